The summed E-state index contributed by atoms with van der Waals surface area (Å²) in [5.74, 6) is -0.906. The molecule has 2 atom stereocenters. The van der Waals surface area contributed by atoms with E-state index in [-0.39, 0.29) is 12.4 Å². The van der Waals surface area contributed by atoms with Crippen molar-refractivity contribution < 1.29 is 23.9 Å². The van der Waals surface area contributed by atoms with E-state index < -0.39 is 24.0 Å². The molecule has 2 N–H and O–H groups in total. The number of hydrogen-bond donors (Lipinski definition) is 2. The molecule has 1 aromatic heterocycles. The lowest BCUT2D eigenvalue weighted by Gasteiger charge is -2.17. The van der Waals surface area contributed by atoms with Gasteiger partial charge in [-0.2, -0.15) is 0 Å². The number of hydrogen-bond acceptors (Lipinski definition) is 5. The number of aryl methyl sites for hydroxylation is 1. The number of esters is 1. The highest BCUT2D eigenvalue weighted by molar-refractivity contribution is 6.11. The van der Waals surface area contributed by atoms with Crippen molar-refractivity contribution in [2.45, 2.75) is 32.9 Å². The Morgan fingerprint density at radius 1 is 1.00 bits per heavy atom. The molecule has 0 radical (unpaired) electrons. The minimum absolute atomic E-state index is 0.231. The summed E-state index contributed by atoms with van der Waals surface area (Å²) in [6.07, 6.45) is -0.990. The van der Waals surface area contributed by atoms with Crippen LogP contribution in [0.2, 0.25) is 0 Å². The molecule has 0 saturated carbocycles. The van der Waals surface area contributed by atoms with Crippen LogP contribution >= 0.6 is 0 Å². The molecule has 2 aromatic carbocycles. The predicted octanol–water partition coefficient (Wildman–Crippen LogP) is 3.17. The second-order valence-electron chi connectivity index (χ2n) is 7.00. The third-order valence-electron chi connectivity index (χ3n) is 4.65. The first-order valence-electron chi connectivity index (χ1n) is 9.66. The minimum atomic E-state index is -0.990. The second-order valence-corrected chi connectivity index (χ2v) is 7.00. The Morgan fingerprint density at radius 2 is 1.67 bits per heavy atom. The highest BCUT2D eigenvalue weighted by Crippen LogP contribution is 2.23. The number of nitrogens with one attached hydrogen (secondary N) is 2. The SMILES string of the molecule is Cc1[nH]c2ccccc2c1C(=O)[C@H](C)OC(=O)[C@H](C)NC(=O)COc1ccccc1. The van der Waals surface area contributed by atoms with Gasteiger partial charge in [-0.05, 0) is 39.0 Å². The highest BCUT2D eigenvalue weighted by Gasteiger charge is 2.27. The average molecular weight is 408 g/mol. The molecule has 0 aliphatic rings. The summed E-state index contributed by atoms with van der Waals surface area (Å²) in [6.45, 7) is 4.59. The maximum atomic E-state index is 12.9. The lowest BCUT2D eigenvalue weighted by molar-refractivity contribution is -0.150. The smallest absolute Gasteiger partial charge is 0.329 e. The number of ether oxygens (including phenoxy) is 2. The third kappa shape index (κ3) is 4.86. The summed E-state index contributed by atoms with van der Waals surface area (Å²) in [4.78, 5) is 40.4. The van der Waals surface area contributed by atoms with E-state index in [4.69, 9.17) is 9.47 Å². The van der Waals surface area contributed by atoms with E-state index in [1.54, 1.807) is 31.2 Å². The molecule has 1 heterocycles. The normalized spacial score (nSPS) is 12.8. The number of carbonyl (C=O) groups excluding carboxylic acids is 3. The zero-order valence-electron chi connectivity index (χ0n) is 17.1. The quantitative estimate of drug-likeness (QED) is 0.441. The fraction of sp³-hybridized carbons (Fsp3) is 0.261. The first-order chi connectivity index (χ1) is 14.4. The van der Waals surface area contributed by atoms with Crippen LogP contribution in [0, 0.1) is 6.92 Å². The number of para-hydroxylation sites is 2. The van der Waals surface area contributed by atoms with Gasteiger partial charge in [0.25, 0.3) is 5.91 Å². The number of benzene rings is 2. The number of amides is 1. The van der Waals surface area contributed by atoms with Gasteiger partial charge in [0.2, 0.25) is 5.78 Å². The Balaban J connectivity index is 1.55. The molecule has 7 heteroatoms. The number of fused-ring (bicyclic) bond motifs is 1. The van der Waals surface area contributed by atoms with Crippen LogP contribution in [0.4, 0.5) is 0 Å². The number of rotatable bonds is 8. The van der Waals surface area contributed by atoms with Crippen LogP contribution in [-0.2, 0) is 14.3 Å². The topological polar surface area (TPSA) is 97.5 Å². The zero-order valence-corrected chi connectivity index (χ0v) is 17.1. The highest BCUT2D eigenvalue weighted by atomic mass is 16.5. The molecule has 0 spiro atoms. The van der Waals surface area contributed by atoms with Crippen molar-refractivity contribution in [2.24, 2.45) is 0 Å². The number of ketones is 1. The summed E-state index contributed by atoms with van der Waals surface area (Å²) in [6, 6.07) is 15.4. The van der Waals surface area contributed by atoms with E-state index in [0.29, 0.717) is 17.0 Å². The Morgan fingerprint density at radius 3 is 2.40 bits per heavy atom. The van der Waals surface area contributed by atoms with Crippen LogP contribution in [0.25, 0.3) is 10.9 Å². The van der Waals surface area contributed by atoms with Crippen molar-refractivity contribution >= 4 is 28.6 Å². The number of aromatic amines is 1. The largest absolute Gasteiger partial charge is 0.484 e. The van der Waals surface area contributed by atoms with Gasteiger partial charge >= 0.3 is 5.97 Å². The summed E-state index contributed by atoms with van der Waals surface area (Å²) in [7, 11) is 0. The van der Waals surface area contributed by atoms with E-state index >= 15 is 0 Å². The number of aromatic nitrogens is 1. The van der Waals surface area contributed by atoms with E-state index in [1.165, 1.54) is 13.8 Å². The first-order valence-corrected chi connectivity index (χ1v) is 9.66. The summed E-state index contributed by atoms with van der Waals surface area (Å²) < 4.78 is 10.7. The van der Waals surface area contributed by atoms with Crippen LogP contribution in [0.5, 0.6) is 5.75 Å². The number of Topliss-reactive ketones (excluding diaryl/α,β-unsaturated/α-hetero) is 1. The maximum Gasteiger partial charge on any atom is 0.329 e. The van der Waals surface area contributed by atoms with Crippen LogP contribution in [-0.4, -0.2) is 41.4 Å². The van der Waals surface area contributed by atoms with Crippen LogP contribution in [0.3, 0.4) is 0 Å². The average Bonchev–Trinajstić information content (AvgIpc) is 3.07. The molecule has 0 aliphatic heterocycles. The Hall–Kier alpha value is -3.61. The van der Waals surface area contributed by atoms with Gasteiger partial charge in [-0.25, -0.2) is 4.79 Å². The van der Waals surface area contributed by atoms with Crippen molar-refractivity contribution in [1.29, 1.82) is 0 Å². The molecule has 0 bridgehead atoms. The molecular formula is C23H24N2O5. The second kappa shape index (κ2) is 9.26. The number of carbonyl (C=O) groups is 3. The van der Waals surface area contributed by atoms with E-state index in [1.807, 2.05) is 30.3 Å². The molecule has 3 aromatic rings. The van der Waals surface area contributed by atoms with Crippen LogP contribution < -0.4 is 10.1 Å². The summed E-state index contributed by atoms with van der Waals surface area (Å²) in [5.41, 5.74) is 2.05. The molecule has 3 rings (SSSR count). The first kappa shape index (κ1) is 21.1. The lowest BCUT2D eigenvalue weighted by atomic mass is 10.0. The number of H-pyrrole nitrogens is 1. The van der Waals surface area contributed by atoms with Crippen molar-refractivity contribution in [3.05, 3.63) is 65.9 Å². The fourth-order valence-electron chi connectivity index (χ4n) is 3.13. The van der Waals surface area contributed by atoms with Gasteiger partial charge in [0, 0.05) is 22.2 Å². The van der Waals surface area contributed by atoms with Crippen molar-refractivity contribution in [3.8, 4) is 5.75 Å². The minimum Gasteiger partial charge on any atom is -0.484 e. The molecular weight excluding hydrogens is 384 g/mol. The van der Waals surface area contributed by atoms with E-state index in [9.17, 15) is 14.4 Å². The lowest BCUT2D eigenvalue weighted by Crippen LogP contribution is -2.43. The van der Waals surface area contributed by atoms with Gasteiger partial charge in [-0.3, -0.25) is 9.59 Å². The molecule has 0 fully saturated rings. The molecule has 1 amide bonds. The standard InChI is InChI=1S/C23H24N2O5/c1-14-21(18-11-7-8-12-19(18)24-14)22(27)16(3)30-23(28)15(2)25-20(26)13-29-17-9-5-4-6-10-17/h4-12,15-16,24H,13H2,1-3H3,(H,25,26)/t15-,16-/m0/s1. The van der Waals surface area contributed by atoms with Crippen molar-refractivity contribution in [2.75, 3.05) is 6.61 Å². The Labute approximate surface area is 174 Å². The van der Waals surface area contributed by atoms with E-state index in [2.05, 4.69) is 10.3 Å². The summed E-state index contributed by atoms with van der Waals surface area (Å²) >= 11 is 0. The van der Waals surface area contributed by atoms with E-state index in [0.717, 1.165) is 10.9 Å². The predicted molar refractivity (Wildman–Crippen MR) is 112 cm³/mol. The third-order valence-corrected chi connectivity index (χ3v) is 4.65. The van der Waals surface area contributed by atoms with Gasteiger partial charge in [-0.15, -0.1) is 0 Å². The van der Waals surface area contributed by atoms with Crippen LogP contribution in [0.1, 0.15) is 29.9 Å². The Bertz CT molecular complexity index is 1060. The van der Waals surface area contributed by atoms with Gasteiger partial charge < -0.3 is 19.8 Å². The molecule has 7 nitrogen and oxygen atoms in total. The zero-order chi connectivity index (χ0) is 21.7. The van der Waals surface area contributed by atoms with Crippen LogP contribution in [0.15, 0.2) is 54.6 Å². The maximum absolute atomic E-state index is 12.9. The van der Waals surface area contributed by atoms with Crippen molar-refractivity contribution in [1.82, 2.24) is 10.3 Å². The van der Waals surface area contributed by atoms with Gasteiger partial charge in [0.15, 0.2) is 12.7 Å². The monoisotopic (exact) mass is 408 g/mol. The molecule has 0 aliphatic carbocycles. The van der Waals surface area contributed by atoms with Gasteiger partial charge in [0.05, 0.1) is 0 Å². The fourth-order valence-corrected chi connectivity index (χ4v) is 3.13. The molecule has 156 valence electrons. The Kier molecular flexibility index (Phi) is 6.51. The molecule has 30 heavy (non-hydrogen) atoms. The van der Waals surface area contributed by atoms with Gasteiger partial charge in [-0.1, -0.05) is 36.4 Å². The van der Waals surface area contributed by atoms with Gasteiger partial charge in [0.1, 0.15) is 11.8 Å². The van der Waals surface area contributed by atoms with Crippen molar-refractivity contribution in [3.63, 3.8) is 0 Å². The summed E-state index contributed by atoms with van der Waals surface area (Å²) in [5, 5.41) is 3.29. The molecule has 0 saturated heterocycles. The molecule has 0 unspecified atom stereocenters.